The number of carbonyl (C=O) groups is 1. The van der Waals surface area contributed by atoms with Crippen LogP contribution in [0.4, 0.5) is 0 Å². The van der Waals surface area contributed by atoms with Crippen molar-refractivity contribution in [2.45, 2.75) is 26.2 Å². The summed E-state index contributed by atoms with van der Waals surface area (Å²) >= 11 is 0. The Morgan fingerprint density at radius 3 is 2.07 bits per heavy atom. The lowest BCUT2D eigenvalue weighted by Gasteiger charge is -2.19. The van der Waals surface area contributed by atoms with Crippen molar-refractivity contribution in [2.24, 2.45) is 5.10 Å². The van der Waals surface area contributed by atoms with E-state index in [4.69, 9.17) is 18.9 Å². The minimum Gasteiger partial charge on any atom is -0.493 e. The van der Waals surface area contributed by atoms with Gasteiger partial charge in [-0.3, -0.25) is 4.79 Å². The molecule has 0 fully saturated rings. The maximum atomic E-state index is 12.0. The molecule has 2 aromatic rings. The van der Waals surface area contributed by atoms with E-state index in [-0.39, 0.29) is 17.9 Å². The van der Waals surface area contributed by atoms with Crippen LogP contribution in [0.1, 0.15) is 31.9 Å². The number of ether oxygens (including phenoxy) is 4. The highest BCUT2D eigenvalue weighted by Gasteiger charge is 2.14. The molecule has 29 heavy (non-hydrogen) atoms. The van der Waals surface area contributed by atoms with Crippen molar-refractivity contribution in [3.63, 3.8) is 0 Å². The number of rotatable bonds is 8. The molecule has 0 aromatic heterocycles. The fourth-order valence-electron chi connectivity index (χ4n) is 2.59. The quantitative estimate of drug-likeness (QED) is 0.542. The molecule has 0 spiro atoms. The van der Waals surface area contributed by atoms with Crippen LogP contribution in [0.5, 0.6) is 23.0 Å². The summed E-state index contributed by atoms with van der Waals surface area (Å²) in [4.78, 5) is 12.0. The van der Waals surface area contributed by atoms with Crippen LogP contribution in [0, 0.1) is 0 Å². The zero-order valence-electron chi connectivity index (χ0n) is 17.7. The maximum Gasteiger partial charge on any atom is 0.277 e. The van der Waals surface area contributed by atoms with E-state index < -0.39 is 0 Å². The molecule has 0 aliphatic rings. The smallest absolute Gasteiger partial charge is 0.277 e. The summed E-state index contributed by atoms with van der Waals surface area (Å²) in [6.07, 6.45) is 1.49. The molecule has 2 rings (SSSR count). The molecule has 0 aliphatic heterocycles. The first-order valence-electron chi connectivity index (χ1n) is 9.13. The highest BCUT2D eigenvalue weighted by atomic mass is 16.5. The van der Waals surface area contributed by atoms with E-state index >= 15 is 0 Å². The van der Waals surface area contributed by atoms with Gasteiger partial charge in [-0.15, -0.1) is 0 Å². The van der Waals surface area contributed by atoms with Crippen LogP contribution in [-0.2, 0) is 10.2 Å². The molecule has 2 aromatic carbocycles. The summed E-state index contributed by atoms with van der Waals surface area (Å²) in [6.45, 7) is 6.29. The molecule has 0 bridgehead atoms. The van der Waals surface area contributed by atoms with Gasteiger partial charge in [-0.25, -0.2) is 5.43 Å². The standard InChI is InChI=1S/C22H28N2O5/c1-22(2,3)16-7-9-17(10-8-16)29-14-20(25)24-23-13-15-11-18(26-4)21(28-6)19(12-15)27-5/h7-13H,14H2,1-6H3,(H,24,25). The monoisotopic (exact) mass is 400 g/mol. The van der Waals surface area contributed by atoms with Gasteiger partial charge in [0.15, 0.2) is 18.1 Å². The molecule has 7 heteroatoms. The zero-order chi connectivity index (χ0) is 21.4. The molecule has 0 heterocycles. The van der Waals surface area contributed by atoms with Crippen LogP contribution in [-0.4, -0.2) is 40.1 Å². The second kappa shape index (κ2) is 9.82. The lowest BCUT2D eigenvalue weighted by atomic mass is 9.87. The van der Waals surface area contributed by atoms with Crippen LogP contribution in [0.2, 0.25) is 0 Å². The normalized spacial score (nSPS) is 11.2. The summed E-state index contributed by atoms with van der Waals surface area (Å²) < 4.78 is 21.4. The summed E-state index contributed by atoms with van der Waals surface area (Å²) in [5.74, 6) is 1.75. The van der Waals surface area contributed by atoms with E-state index in [1.165, 1.54) is 33.1 Å². The Kier molecular flexibility index (Phi) is 7.47. The summed E-state index contributed by atoms with van der Waals surface area (Å²) in [5, 5.41) is 3.95. The lowest BCUT2D eigenvalue weighted by molar-refractivity contribution is -0.123. The first kappa shape index (κ1) is 22.1. The summed E-state index contributed by atoms with van der Waals surface area (Å²) in [5.41, 5.74) is 4.38. The second-order valence-corrected chi connectivity index (χ2v) is 7.31. The third-order valence-electron chi connectivity index (χ3n) is 4.18. The molecule has 1 amide bonds. The Morgan fingerprint density at radius 2 is 1.59 bits per heavy atom. The minimum absolute atomic E-state index is 0.0669. The third kappa shape index (κ3) is 6.14. The molecule has 156 valence electrons. The average molecular weight is 400 g/mol. The fourth-order valence-corrected chi connectivity index (χ4v) is 2.59. The lowest BCUT2D eigenvalue weighted by Crippen LogP contribution is -2.24. The van der Waals surface area contributed by atoms with Gasteiger partial charge in [0.1, 0.15) is 5.75 Å². The van der Waals surface area contributed by atoms with Gasteiger partial charge in [-0.05, 0) is 35.2 Å². The molecule has 0 radical (unpaired) electrons. The molecule has 7 nitrogen and oxygen atoms in total. The Bertz CT molecular complexity index is 829. The van der Waals surface area contributed by atoms with Crippen molar-refractivity contribution >= 4 is 12.1 Å². The Labute approximate surface area is 171 Å². The van der Waals surface area contributed by atoms with Gasteiger partial charge in [-0.2, -0.15) is 5.10 Å². The topological polar surface area (TPSA) is 78.4 Å². The van der Waals surface area contributed by atoms with E-state index in [0.717, 1.165) is 0 Å². The molecular weight excluding hydrogens is 372 g/mol. The third-order valence-corrected chi connectivity index (χ3v) is 4.18. The number of hydrogen-bond acceptors (Lipinski definition) is 6. The van der Waals surface area contributed by atoms with Gasteiger partial charge in [0.2, 0.25) is 5.75 Å². The Balaban J connectivity index is 1.93. The molecule has 0 unspecified atom stereocenters. The van der Waals surface area contributed by atoms with E-state index in [9.17, 15) is 4.79 Å². The number of nitrogens with zero attached hydrogens (tertiary/aromatic N) is 1. The van der Waals surface area contributed by atoms with Gasteiger partial charge in [0.05, 0.1) is 27.5 Å². The molecule has 1 N–H and O–H groups in total. The van der Waals surface area contributed by atoms with E-state index in [2.05, 4.69) is 31.3 Å². The van der Waals surface area contributed by atoms with Crippen LogP contribution < -0.4 is 24.4 Å². The van der Waals surface area contributed by atoms with Crippen molar-refractivity contribution in [1.29, 1.82) is 0 Å². The minimum atomic E-state index is -0.367. The van der Waals surface area contributed by atoms with Crippen LogP contribution in [0.25, 0.3) is 0 Å². The van der Waals surface area contributed by atoms with Crippen molar-refractivity contribution in [3.05, 3.63) is 47.5 Å². The number of methoxy groups -OCH3 is 3. The molecule has 0 saturated heterocycles. The van der Waals surface area contributed by atoms with Crippen LogP contribution in [0.15, 0.2) is 41.5 Å². The number of benzene rings is 2. The van der Waals surface area contributed by atoms with Crippen molar-refractivity contribution in [1.82, 2.24) is 5.43 Å². The Hall–Kier alpha value is -3.22. The number of nitrogens with one attached hydrogen (secondary N) is 1. The number of amides is 1. The molecular formula is C22H28N2O5. The van der Waals surface area contributed by atoms with E-state index in [1.807, 2.05) is 24.3 Å². The number of hydrogen-bond donors (Lipinski definition) is 1. The highest BCUT2D eigenvalue weighted by Crippen LogP contribution is 2.37. The molecule has 0 aliphatic carbocycles. The largest absolute Gasteiger partial charge is 0.493 e. The van der Waals surface area contributed by atoms with Crippen LogP contribution in [0.3, 0.4) is 0 Å². The number of hydrazone groups is 1. The predicted octanol–water partition coefficient (Wildman–Crippen LogP) is 3.54. The number of carbonyl (C=O) groups excluding carboxylic acids is 1. The first-order valence-corrected chi connectivity index (χ1v) is 9.13. The van der Waals surface area contributed by atoms with E-state index in [0.29, 0.717) is 28.6 Å². The van der Waals surface area contributed by atoms with Crippen molar-refractivity contribution < 1.29 is 23.7 Å². The first-order chi connectivity index (χ1) is 13.8. The Morgan fingerprint density at radius 1 is 1.00 bits per heavy atom. The van der Waals surface area contributed by atoms with Gasteiger partial charge < -0.3 is 18.9 Å². The highest BCUT2D eigenvalue weighted by molar-refractivity contribution is 5.84. The van der Waals surface area contributed by atoms with Crippen molar-refractivity contribution in [3.8, 4) is 23.0 Å². The SMILES string of the molecule is COc1cc(C=NNC(=O)COc2ccc(C(C)(C)C)cc2)cc(OC)c1OC. The van der Waals surface area contributed by atoms with Gasteiger partial charge in [-0.1, -0.05) is 32.9 Å². The average Bonchev–Trinajstić information content (AvgIpc) is 2.71. The van der Waals surface area contributed by atoms with Crippen molar-refractivity contribution in [2.75, 3.05) is 27.9 Å². The van der Waals surface area contributed by atoms with Gasteiger partial charge in [0, 0.05) is 5.56 Å². The molecule has 0 atom stereocenters. The summed E-state index contributed by atoms with van der Waals surface area (Å²) in [6, 6.07) is 11.2. The maximum absolute atomic E-state index is 12.0. The van der Waals surface area contributed by atoms with Crippen LogP contribution >= 0.6 is 0 Å². The summed E-state index contributed by atoms with van der Waals surface area (Å²) in [7, 11) is 4.60. The second-order valence-electron chi connectivity index (χ2n) is 7.31. The predicted molar refractivity (Wildman–Crippen MR) is 112 cm³/mol. The van der Waals surface area contributed by atoms with Gasteiger partial charge >= 0.3 is 0 Å². The van der Waals surface area contributed by atoms with Gasteiger partial charge in [0.25, 0.3) is 5.91 Å². The van der Waals surface area contributed by atoms with E-state index in [1.54, 1.807) is 12.1 Å². The fraction of sp³-hybridized carbons (Fsp3) is 0.364. The zero-order valence-corrected chi connectivity index (χ0v) is 17.7. The molecule has 0 saturated carbocycles.